The van der Waals surface area contributed by atoms with E-state index in [4.69, 9.17) is 5.11 Å². The number of aliphatic carboxylic acids is 1. The first kappa shape index (κ1) is 15.9. The van der Waals surface area contributed by atoms with E-state index in [0.29, 0.717) is 25.8 Å². The number of rotatable bonds is 6. The summed E-state index contributed by atoms with van der Waals surface area (Å²) in [4.78, 5) is 23.0. The largest absolute Gasteiger partial charge is 0.481 e. The molecule has 1 aliphatic carbocycles. The third kappa shape index (κ3) is 4.49. The van der Waals surface area contributed by atoms with Crippen LogP contribution in [-0.4, -0.2) is 23.2 Å². The molecular formula is C16H21NO3S. The van der Waals surface area contributed by atoms with Crippen molar-refractivity contribution in [2.45, 2.75) is 31.6 Å². The number of hydrogen-bond acceptors (Lipinski definition) is 3. The van der Waals surface area contributed by atoms with E-state index in [2.05, 4.69) is 23.7 Å². The van der Waals surface area contributed by atoms with Crippen LogP contribution >= 0.6 is 11.8 Å². The van der Waals surface area contributed by atoms with Crippen LogP contribution in [0, 0.1) is 11.8 Å². The van der Waals surface area contributed by atoms with E-state index in [9.17, 15) is 9.59 Å². The molecule has 0 heterocycles. The van der Waals surface area contributed by atoms with Gasteiger partial charge in [-0.3, -0.25) is 9.59 Å². The molecule has 1 fully saturated rings. The monoisotopic (exact) mass is 307 g/mol. The van der Waals surface area contributed by atoms with Crippen molar-refractivity contribution in [3.8, 4) is 0 Å². The Balaban J connectivity index is 1.84. The zero-order chi connectivity index (χ0) is 15.2. The Labute approximate surface area is 129 Å². The minimum Gasteiger partial charge on any atom is -0.481 e. The van der Waals surface area contributed by atoms with Crippen LogP contribution in [0.1, 0.15) is 30.4 Å². The Morgan fingerprint density at radius 1 is 1.29 bits per heavy atom. The molecule has 1 saturated carbocycles. The minimum absolute atomic E-state index is 0.0194. The molecule has 0 spiro atoms. The molecule has 114 valence electrons. The Bertz CT molecular complexity index is 518. The van der Waals surface area contributed by atoms with Gasteiger partial charge >= 0.3 is 5.97 Å². The molecule has 0 aromatic heterocycles. The van der Waals surface area contributed by atoms with Gasteiger partial charge < -0.3 is 10.4 Å². The van der Waals surface area contributed by atoms with Gasteiger partial charge in [-0.25, -0.2) is 0 Å². The summed E-state index contributed by atoms with van der Waals surface area (Å²) in [7, 11) is 0. The predicted octanol–water partition coefficient (Wildman–Crippen LogP) is 2.67. The maximum absolute atomic E-state index is 12.1. The first-order valence-electron chi connectivity index (χ1n) is 7.17. The van der Waals surface area contributed by atoms with Crippen molar-refractivity contribution >= 4 is 23.6 Å². The standard InChI is InChI=1S/C16H21NO3S/c1-21-10-12-4-2-3-11(7-12)9-17-15(18)13-5-6-14(8-13)16(19)20/h2-4,7,13-14H,5-6,8-10H2,1H3,(H,17,18)(H,19,20)/t13-,14+/m1/s1. The van der Waals surface area contributed by atoms with Gasteiger partial charge in [-0.2, -0.15) is 11.8 Å². The number of carbonyl (C=O) groups is 2. The van der Waals surface area contributed by atoms with Gasteiger partial charge in [0.15, 0.2) is 0 Å². The normalized spacial score (nSPS) is 21.2. The molecule has 4 nitrogen and oxygen atoms in total. The lowest BCUT2D eigenvalue weighted by Crippen LogP contribution is -2.29. The Hall–Kier alpha value is -1.49. The molecule has 2 rings (SSSR count). The van der Waals surface area contributed by atoms with Gasteiger partial charge in [0, 0.05) is 18.2 Å². The second-order valence-electron chi connectivity index (χ2n) is 5.52. The van der Waals surface area contributed by atoms with E-state index >= 15 is 0 Å². The van der Waals surface area contributed by atoms with Crippen LogP contribution < -0.4 is 5.32 Å². The molecular weight excluding hydrogens is 286 g/mol. The van der Waals surface area contributed by atoms with Crippen LogP contribution in [-0.2, 0) is 21.9 Å². The summed E-state index contributed by atoms with van der Waals surface area (Å²) in [5, 5.41) is 11.9. The summed E-state index contributed by atoms with van der Waals surface area (Å²) < 4.78 is 0. The fourth-order valence-corrected chi connectivity index (χ4v) is 3.29. The van der Waals surface area contributed by atoms with Crippen LogP contribution in [0.15, 0.2) is 24.3 Å². The van der Waals surface area contributed by atoms with E-state index in [1.807, 2.05) is 12.1 Å². The van der Waals surface area contributed by atoms with Crippen LogP contribution in [0.4, 0.5) is 0 Å². The van der Waals surface area contributed by atoms with Crippen molar-refractivity contribution in [3.05, 3.63) is 35.4 Å². The van der Waals surface area contributed by atoms with Gasteiger partial charge in [-0.1, -0.05) is 24.3 Å². The van der Waals surface area contributed by atoms with Gasteiger partial charge in [0.1, 0.15) is 0 Å². The fourth-order valence-electron chi connectivity index (χ4n) is 2.77. The van der Waals surface area contributed by atoms with Crippen molar-refractivity contribution in [1.29, 1.82) is 0 Å². The third-order valence-electron chi connectivity index (χ3n) is 3.92. The summed E-state index contributed by atoms with van der Waals surface area (Å²) in [5.74, 6) is -0.347. The fraction of sp³-hybridized carbons (Fsp3) is 0.500. The molecule has 0 radical (unpaired) electrons. The van der Waals surface area contributed by atoms with Crippen LogP contribution in [0.5, 0.6) is 0 Å². The topological polar surface area (TPSA) is 66.4 Å². The highest BCUT2D eigenvalue weighted by atomic mass is 32.2. The number of benzene rings is 1. The summed E-state index contributed by atoms with van der Waals surface area (Å²) in [6.45, 7) is 0.509. The van der Waals surface area contributed by atoms with E-state index in [0.717, 1.165) is 11.3 Å². The number of nitrogens with one attached hydrogen (secondary N) is 1. The average molecular weight is 307 g/mol. The summed E-state index contributed by atoms with van der Waals surface area (Å²) in [5.41, 5.74) is 2.34. The Morgan fingerprint density at radius 3 is 2.67 bits per heavy atom. The molecule has 5 heteroatoms. The van der Waals surface area contributed by atoms with E-state index in [-0.39, 0.29) is 17.7 Å². The molecule has 2 N–H and O–H groups in total. The smallest absolute Gasteiger partial charge is 0.306 e. The van der Waals surface area contributed by atoms with Crippen LogP contribution in [0.2, 0.25) is 0 Å². The summed E-state index contributed by atoms with van der Waals surface area (Å²) >= 11 is 1.77. The highest BCUT2D eigenvalue weighted by Crippen LogP contribution is 2.31. The first-order valence-corrected chi connectivity index (χ1v) is 8.56. The minimum atomic E-state index is -0.782. The van der Waals surface area contributed by atoms with Crippen molar-refractivity contribution in [3.63, 3.8) is 0 Å². The van der Waals surface area contributed by atoms with Crippen LogP contribution in [0.25, 0.3) is 0 Å². The number of thioether (sulfide) groups is 1. The van der Waals surface area contributed by atoms with E-state index in [1.54, 1.807) is 11.8 Å². The molecule has 0 aliphatic heterocycles. The molecule has 1 aromatic carbocycles. The van der Waals surface area contributed by atoms with Gasteiger partial charge in [0.25, 0.3) is 0 Å². The molecule has 21 heavy (non-hydrogen) atoms. The SMILES string of the molecule is CSCc1cccc(CNC(=O)[C@@H]2CC[C@H](C(=O)O)C2)c1. The van der Waals surface area contributed by atoms with Crippen molar-refractivity contribution in [2.24, 2.45) is 11.8 Å². The highest BCUT2D eigenvalue weighted by Gasteiger charge is 2.33. The molecule has 1 amide bonds. The van der Waals surface area contributed by atoms with Crippen molar-refractivity contribution in [2.75, 3.05) is 6.26 Å². The maximum Gasteiger partial charge on any atom is 0.306 e. The lowest BCUT2D eigenvalue weighted by molar-refractivity contribution is -0.141. The number of amides is 1. The van der Waals surface area contributed by atoms with Crippen molar-refractivity contribution < 1.29 is 14.7 Å². The predicted molar refractivity (Wildman–Crippen MR) is 84.0 cm³/mol. The highest BCUT2D eigenvalue weighted by molar-refractivity contribution is 7.97. The molecule has 0 bridgehead atoms. The molecule has 0 saturated heterocycles. The average Bonchev–Trinajstić information content (AvgIpc) is 2.96. The molecule has 1 aliphatic rings. The zero-order valence-corrected chi connectivity index (χ0v) is 13.0. The number of carboxylic acid groups (broad SMARTS) is 1. The van der Waals surface area contributed by atoms with Gasteiger partial charge in [0.2, 0.25) is 5.91 Å². The molecule has 1 aromatic rings. The lowest BCUT2D eigenvalue weighted by Gasteiger charge is -2.11. The third-order valence-corrected chi connectivity index (χ3v) is 4.54. The second-order valence-corrected chi connectivity index (χ2v) is 6.38. The zero-order valence-electron chi connectivity index (χ0n) is 12.2. The summed E-state index contributed by atoms with van der Waals surface area (Å²) in [6, 6.07) is 8.18. The first-order chi connectivity index (χ1) is 10.1. The molecule has 2 atom stereocenters. The number of carboxylic acids is 1. The van der Waals surface area contributed by atoms with Crippen LogP contribution in [0.3, 0.4) is 0 Å². The van der Waals surface area contributed by atoms with Crippen molar-refractivity contribution in [1.82, 2.24) is 5.32 Å². The summed E-state index contributed by atoms with van der Waals surface area (Å²) in [6.07, 6.45) is 3.81. The van der Waals surface area contributed by atoms with E-state index < -0.39 is 5.97 Å². The van der Waals surface area contributed by atoms with E-state index in [1.165, 1.54) is 5.56 Å². The second kappa shape index (κ2) is 7.50. The quantitative estimate of drug-likeness (QED) is 0.848. The van der Waals surface area contributed by atoms with Gasteiger partial charge in [0.05, 0.1) is 5.92 Å². The van der Waals surface area contributed by atoms with Gasteiger partial charge in [-0.15, -0.1) is 0 Å². The van der Waals surface area contributed by atoms with Gasteiger partial charge in [-0.05, 0) is 36.6 Å². The lowest BCUT2D eigenvalue weighted by atomic mass is 10.0. The Kier molecular flexibility index (Phi) is 5.67. The molecule has 0 unspecified atom stereocenters. The number of hydrogen-bond donors (Lipinski definition) is 2. The number of carbonyl (C=O) groups excluding carboxylic acids is 1. The Morgan fingerprint density at radius 2 is 2.00 bits per heavy atom. The maximum atomic E-state index is 12.1.